The fourth-order valence-corrected chi connectivity index (χ4v) is 5.78. The molecule has 1 fully saturated rings. The molecule has 11 heteroatoms. The van der Waals surface area contributed by atoms with Crippen LogP contribution in [0.1, 0.15) is 25.3 Å². The maximum Gasteiger partial charge on any atom is 0.271 e. The average molecular weight is 518 g/mol. The topological polar surface area (TPSA) is 104 Å². The lowest BCUT2D eigenvalue weighted by Gasteiger charge is -2.32. The van der Waals surface area contributed by atoms with Gasteiger partial charge in [0.15, 0.2) is 5.82 Å². The van der Waals surface area contributed by atoms with E-state index in [4.69, 9.17) is 17.0 Å². The van der Waals surface area contributed by atoms with Gasteiger partial charge in [0.05, 0.1) is 4.90 Å². The summed E-state index contributed by atoms with van der Waals surface area (Å²) in [6, 6.07) is 11.2. The Labute approximate surface area is 211 Å². The average Bonchev–Trinajstić information content (AvgIpc) is 3.23. The number of ether oxygens (including phenoxy) is 1. The summed E-state index contributed by atoms with van der Waals surface area (Å²) in [5.74, 6) is 0.958. The first-order valence-electron chi connectivity index (χ1n) is 11.6. The van der Waals surface area contributed by atoms with Crippen LogP contribution in [-0.4, -0.2) is 83.9 Å². The summed E-state index contributed by atoms with van der Waals surface area (Å²) in [5, 5.41) is 16.9. The van der Waals surface area contributed by atoms with E-state index < -0.39 is 10.0 Å². The van der Waals surface area contributed by atoms with E-state index >= 15 is 0 Å². The van der Waals surface area contributed by atoms with Crippen molar-refractivity contribution in [3.05, 3.63) is 52.8 Å². The number of phenolic OH excluding ortho intramolecular Hbond substituents is 1. The number of H-pyrrole nitrogens is 1. The molecule has 9 nitrogen and oxygen atoms in total. The lowest BCUT2D eigenvalue weighted by Crippen LogP contribution is -2.45. The maximum absolute atomic E-state index is 13.5. The van der Waals surface area contributed by atoms with E-state index in [1.807, 2.05) is 13.8 Å². The van der Waals surface area contributed by atoms with Crippen LogP contribution in [0.4, 0.5) is 0 Å². The van der Waals surface area contributed by atoms with E-state index in [-0.39, 0.29) is 27.2 Å². The smallest absolute Gasteiger partial charge is 0.271 e. The first-order chi connectivity index (χ1) is 16.7. The first-order valence-corrected chi connectivity index (χ1v) is 13.4. The molecule has 0 bridgehead atoms. The zero-order chi connectivity index (χ0) is 25.2. The van der Waals surface area contributed by atoms with Crippen LogP contribution in [-0.2, 0) is 10.0 Å². The van der Waals surface area contributed by atoms with Crippen LogP contribution in [0.3, 0.4) is 0 Å². The van der Waals surface area contributed by atoms with Crippen molar-refractivity contribution in [2.75, 3.05) is 46.4 Å². The molecule has 0 radical (unpaired) electrons. The number of hydrogen-bond donors (Lipinski definition) is 2. The standard InChI is InChI=1S/C24H31N5O4S2/c1-17(2)21-16-18(4-9-22(21)30)23-25-26-24(34)29(23)35(31,32)20-7-5-19(6-8-20)33-15-14-28-12-10-27(3)11-13-28/h4-9,16-17,30H,10-15H2,1-3H3,(H,26,34). The molecule has 188 valence electrons. The summed E-state index contributed by atoms with van der Waals surface area (Å²) >= 11 is 5.27. The number of rotatable bonds is 8. The maximum atomic E-state index is 13.5. The molecule has 0 unspecified atom stereocenters. The number of nitrogens with one attached hydrogen (secondary N) is 1. The minimum atomic E-state index is -4.02. The molecule has 1 aromatic heterocycles. The Morgan fingerprint density at radius 3 is 2.46 bits per heavy atom. The van der Waals surface area contributed by atoms with E-state index in [1.165, 1.54) is 18.2 Å². The second kappa shape index (κ2) is 10.5. The van der Waals surface area contributed by atoms with Gasteiger partial charge in [0, 0.05) is 38.3 Å². The van der Waals surface area contributed by atoms with Gasteiger partial charge in [-0.15, -0.1) is 0 Å². The Morgan fingerprint density at radius 1 is 1.11 bits per heavy atom. The van der Waals surface area contributed by atoms with Crippen molar-refractivity contribution in [1.82, 2.24) is 24.0 Å². The predicted molar refractivity (Wildman–Crippen MR) is 137 cm³/mol. The van der Waals surface area contributed by atoms with Crippen molar-refractivity contribution in [3.8, 4) is 22.9 Å². The number of piperazine rings is 1. The van der Waals surface area contributed by atoms with Crippen LogP contribution in [0.25, 0.3) is 11.4 Å². The predicted octanol–water partition coefficient (Wildman–Crippen LogP) is 3.30. The Morgan fingerprint density at radius 2 is 1.80 bits per heavy atom. The van der Waals surface area contributed by atoms with Crippen molar-refractivity contribution in [2.45, 2.75) is 24.7 Å². The highest BCUT2D eigenvalue weighted by Crippen LogP contribution is 2.31. The van der Waals surface area contributed by atoms with Crippen LogP contribution < -0.4 is 4.74 Å². The molecule has 1 aliphatic rings. The lowest BCUT2D eigenvalue weighted by atomic mass is 9.99. The van der Waals surface area contributed by atoms with E-state index in [0.717, 1.165) is 36.7 Å². The second-order valence-electron chi connectivity index (χ2n) is 9.01. The van der Waals surface area contributed by atoms with E-state index in [0.29, 0.717) is 23.5 Å². The molecular weight excluding hydrogens is 486 g/mol. The molecule has 4 rings (SSSR count). The summed E-state index contributed by atoms with van der Waals surface area (Å²) in [6.07, 6.45) is 0. The number of likely N-dealkylation sites (N-methyl/N-ethyl adjacent to an activating group) is 1. The third-order valence-electron chi connectivity index (χ3n) is 6.18. The molecule has 0 atom stereocenters. The Bertz CT molecular complexity index is 1320. The minimum absolute atomic E-state index is 0.0355. The Balaban J connectivity index is 1.52. The second-order valence-corrected chi connectivity index (χ2v) is 11.2. The van der Waals surface area contributed by atoms with Gasteiger partial charge in [0.1, 0.15) is 18.1 Å². The molecule has 2 N–H and O–H groups in total. The molecule has 0 aliphatic carbocycles. The van der Waals surface area contributed by atoms with Crippen LogP contribution >= 0.6 is 12.2 Å². The quantitative estimate of drug-likeness (QED) is 0.439. The van der Waals surface area contributed by atoms with Gasteiger partial charge in [0.2, 0.25) is 4.77 Å². The van der Waals surface area contributed by atoms with Gasteiger partial charge in [-0.3, -0.25) is 10.00 Å². The van der Waals surface area contributed by atoms with Gasteiger partial charge in [-0.25, -0.2) is 8.42 Å². The summed E-state index contributed by atoms with van der Waals surface area (Å²) in [4.78, 5) is 4.74. The van der Waals surface area contributed by atoms with Crippen molar-refractivity contribution in [3.63, 3.8) is 0 Å². The largest absolute Gasteiger partial charge is 0.508 e. The molecule has 0 saturated carbocycles. The number of benzene rings is 2. The fraction of sp³-hybridized carbons (Fsp3) is 0.417. The molecular formula is C24H31N5O4S2. The number of phenols is 1. The van der Waals surface area contributed by atoms with Gasteiger partial charge >= 0.3 is 0 Å². The third-order valence-corrected chi connectivity index (χ3v) is 8.27. The molecule has 2 heterocycles. The molecule has 35 heavy (non-hydrogen) atoms. The van der Waals surface area contributed by atoms with Gasteiger partial charge < -0.3 is 14.7 Å². The zero-order valence-corrected chi connectivity index (χ0v) is 21.8. The molecule has 2 aromatic carbocycles. The summed E-state index contributed by atoms with van der Waals surface area (Å²) in [5.41, 5.74) is 1.23. The molecule has 0 amide bonds. The number of aromatic amines is 1. The van der Waals surface area contributed by atoms with Crippen molar-refractivity contribution >= 4 is 22.2 Å². The van der Waals surface area contributed by atoms with Crippen molar-refractivity contribution in [2.24, 2.45) is 0 Å². The first kappa shape index (κ1) is 25.4. The highest BCUT2D eigenvalue weighted by Gasteiger charge is 2.24. The van der Waals surface area contributed by atoms with Gasteiger partial charge in [-0.05, 0) is 73.2 Å². The molecule has 1 saturated heterocycles. The van der Waals surface area contributed by atoms with E-state index in [2.05, 4.69) is 27.0 Å². The molecule has 0 spiro atoms. The highest BCUT2D eigenvalue weighted by molar-refractivity contribution is 7.90. The third kappa shape index (κ3) is 5.58. The van der Waals surface area contributed by atoms with Gasteiger partial charge in [0.25, 0.3) is 10.0 Å². The Kier molecular flexibility index (Phi) is 7.60. The van der Waals surface area contributed by atoms with Gasteiger partial charge in [-0.2, -0.15) is 9.07 Å². The van der Waals surface area contributed by atoms with Crippen molar-refractivity contribution in [1.29, 1.82) is 0 Å². The van der Waals surface area contributed by atoms with Crippen molar-refractivity contribution < 1.29 is 18.3 Å². The number of aromatic hydroxyl groups is 1. The SMILES string of the molecule is CC(C)c1cc(-c2n[nH]c(=S)n2S(=O)(=O)c2ccc(OCCN3CCN(C)CC3)cc2)ccc1O. The molecule has 1 aliphatic heterocycles. The minimum Gasteiger partial charge on any atom is -0.508 e. The van der Waals surface area contributed by atoms with E-state index in [9.17, 15) is 13.5 Å². The fourth-order valence-electron chi connectivity index (χ4n) is 4.03. The monoisotopic (exact) mass is 517 g/mol. The Hall–Kier alpha value is -2.73. The van der Waals surface area contributed by atoms with E-state index in [1.54, 1.807) is 24.3 Å². The summed E-state index contributed by atoms with van der Waals surface area (Å²) < 4.78 is 33.8. The normalized spacial score (nSPS) is 15.5. The summed E-state index contributed by atoms with van der Waals surface area (Å²) in [6.45, 7) is 9.39. The number of hydrogen-bond acceptors (Lipinski definition) is 8. The number of aromatic nitrogens is 3. The zero-order valence-electron chi connectivity index (χ0n) is 20.1. The van der Waals surface area contributed by atoms with Crippen LogP contribution in [0.5, 0.6) is 11.5 Å². The molecule has 3 aromatic rings. The lowest BCUT2D eigenvalue weighted by molar-refractivity contribution is 0.133. The summed E-state index contributed by atoms with van der Waals surface area (Å²) in [7, 11) is -1.90. The van der Waals surface area contributed by atoms with Crippen LogP contribution in [0, 0.1) is 4.77 Å². The van der Waals surface area contributed by atoms with Crippen LogP contribution in [0.2, 0.25) is 0 Å². The number of nitrogens with zero attached hydrogens (tertiary/aromatic N) is 4. The van der Waals surface area contributed by atoms with Gasteiger partial charge in [-0.1, -0.05) is 13.8 Å². The highest BCUT2D eigenvalue weighted by atomic mass is 32.2. The van der Waals surface area contributed by atoms with Crippen LogP contribution in [0.15, 0.2) is 47.4 Å².